The Bertz CT molecular complexity index is 154. The van der Waals surface area contributed by atoms with Gasteiger partial charge in [0.05, 0.1) is 0 Å². The fourth-order valence-electron chi connectivity index (χ4n) is 1.32. The molecule has 2 N–H and O–H groups in total. The second-order valence-corrected chi connectivity index (χ2v) is 3.05. The Labute approximate surface area is 71.9 Å². The SMILES string of the molecule is CC(=O)NC(O)C1CCCCO1. The zero-order valence-electron chi connectivity index (χ0n) is 7.25. The molecule has 4 heteroatoms. The van der Waals surface area contributed by atoms with Gasteiger partial charge in [-0.3, -0.25) is 4.79 Å². The summed E-state index contributed by atoms with van der Waals surface area (Å²) >= 11 is 0. The van der Waals surface area contributed by atoms with Crippen molar-refractivity contribution in [3.63, 3.8) is 0 Å². The molecule has 0 bridgehead atoms. The summed E-state index contributed by atoms with van der Waals surface area (Å²) in [6, 6.07) is 0. The predicted molar refractivity (Wildman–Crippen MR) is 43.4 cm³/mol. The van der Waals surface area contributed by atoms with Crippen molar-refractivity contribution in [1.29, 1.82) is 0 Å². The lowest BCUT2D eigenvalue weighted by atomic mass is 10.1. The predicted octanol–water partition coefficient (Wildman–Crippen LogP) is 0.01000. The zero-order chi connectivity index (χ0) is 8.97. The number of carbonyl (C=O) groups excluding carboxylic acids is 1. The quantitative estimate of drug-likeness (QED) is 0.578. The minimum absolute atomic E-state index is 0.220. The van der Waals surface area contributed by atoms with Crippen LogP contribution in [0.4, 0.5) is 0 Å². The molecule has 1 aliphatic heterocycles. The van der Waals surface area contributed by atoms with Crippen molar-refractivity contribution in [2.45, 2.75) is 38.5 Å². The Morgan fingerprint density at radius 2 is 2.42 bits per heavy atom. The van der Waals surface area contributed by atoms with Gasteiger partial charge < -0.3 is 15.2 Å². The molecule has 0 radical (unpaired) electrons. The molecule has 1 rings (SSSR count). The summed E-state index contributed by atoms with van der Waals surface area (Å²) in [7, 11) is 0. The molecule has 0 aliphatic carbocycles. The summed E-state index contributed by atoms with van der Waals surface area (Å²) < 4.78 is 5.28. The van der Waals surface area contributed by atoms with Gasteiger partial charge in [-0.2, -0.15) is 0 Å². The first-order chi connectivity index (χ1) is 5.70. The molecule has 1 saturated heterocycles. The monoisotopic (exact) mass is 173 g/mol. The fourth-order valence-corrected chi connectivity index (χ4v) is 1.32. The van der Waals surface area contributed by atoms with E-state index in [1.807, 2.05) is 0 Å². The molecule has 1 aliphatic rings. The topological polar surface area (TPSA) is 58.6 Å². The van der Waals surface area contributed by atoms with E-state index in [-0.39, 0.29) is 12.0 Å². The molecule has 0 aromatic heterocycles. The van der Waals surface area contributed by atoms with Gasteiger partial charge >= 0.3 is 0 Å². The maximum absolute atomic E-state index is 10.6. The Morgan fingerprint density at radius 1 is 1.67 bits per heavy atom. The van der Waals surface area contributed by atoms with Crippen LogP contribution in [0.2, 0.25) is 0 Å². The van der Waals surface area contributed by atoms with Crippen LogP contribution in [0.15, 0.2) is 0 Å². The molecule has 70 valence electrons. The number of nitrogens with one attached hydrogen (secondary N) is 1. The van der Waals surface area contributed by atoms with Crippen LogP contribution in [-0.4, -0.2) is 30.0 Å². The second kappa shape index (κ2) is 4.42. The highest BCUT2D eigenvalue weighted by Crippen LogP contribution is 2.14. The third-order valence-corrected chi connectivity index (χ3v) is 1.92. The largest absolute Gasteiger partial charge is 0.374 e. The van der Waals surface area contributed by atoms with E-state index in [0.717, 1.165) is 19.3 Å². The van der Waals surface area contributed by atoms with E-state index in [9.17, 15) is 9.90 Å². The number of carbonyl (C=O) groups is 1. The summed E-state index contributed by atoms with van der Waals surface area (Å²) in [5, 5.41) is 11.8. The third-order valence-electron chi connectivity index (χ3n) is 1.92. The Kier molecular flexibility index (Phi) is 3.49. The number of aliphatic hydroxyl groups is 1. The molecule has 4 nitrogen and oxygen atoms in total. The van der Waals surface area contributed by atoms with Crippen LogP contribution >= 0.6 is 0 Å². The van der Waals surface area contributed by atoms with Gasteiger partial charge in [-0.15, -0.1) is 0 Å². The lowest BCUT2D eigenvalue weighted by Gasteiger charge is -2.27. The first-order valence-electron chi connectivity index (χ1n) is 4.27. The normalized spacial score (nSPS) is 26.3. The van der Waals surface area contributed by atoms with Crippen LogP contribution in [0.3, 0.4) is 0 Å². The van der Waals surface area contributed by atoms with Crippen molar-refractivity contribution in [1.82, 2.24) is 5.32 Å². The molecule has 0 spiro atoms. The van der Waals surface area contributed by atoms with Crippen LogP contribution in [0.5, 0.6) is 0 Å². The van der Waals surface area contributed by atoms with Gasteiger partial charge in [0.25, 0.3) is 0 Å². The van der Waals surface area contributed by atoms with Crippen molar-refractivity contribution in [2.75, 3.05) is 6.61 Å². The lowest BCUT2D eigenvalue weighted by Crippen LogP contribution is -2.44. The van der Waals surface area contributed by atoms with Crippen molar-refractivity contribution < 1.29 is 14.6 Å². The molecule has 1 heterocycles. The number of ether oxygens (including phenoxy) is 1. The summed E-state index contributed by atoms with van der Waals surface area (Å²) in [6.07, 6.45) is 1.86. The first-order valence-corrected chi connectivity index (χ1v) is 4.27. The van der Waals surface area contributed by atoms with Gasteiger partial charge in [0, 0.05) is 13.5 Å². The standard InChI is InChI=1S/C8H15NO3/c1-6(10)9-8(11)7-4-2-3-5-12-7/h7-8,11H,2-5H2,1H3,(H,9,10). The summed E-state index contributed by atoms with van der Waals surface area (Å²) in [4.78, 5) is 10.6. The third kappa shape index (κ3) is 2.79. The Balaban J connectivity index is 2.29. The van der Waals surface area contributed by atoms with Gasteiger partial charge in [0.15, 0.2) is 6.23 Å². The van der Waals surface area contributed by atoms with Gasteiger partial charge in [-0.25, -0.2) is 0 Å². The molecule has 0 saturated carbocycles. The van der Waals surface area contributed by atoms with Crippen molar-refractivity contribution >= 4 is 5.91 Å². The molecule has 12 heavy (non-hydrogen) atoms. The van der Waals surface area contributed by atoms with Gasteiger partial charge in [0.2, 0.25) is 5.91 Å². The molecule has 1 amide bonds. The van der Waals surface area contributed by atoms with Crippen LogP contribution in [0.25, 0.3) is 0 Å². The van der Waals surface area contributed by atoms with E-state index in [0.29, 0.717) is 6.61 Å². The van der Waals surface area contributed by atoms with Crippen molar-refractivity contribution in [3.05, 3.63) is 0 Å². The molecule has 2 atom stereocenters. The molecule has 2 unspecified atom stereocenters. The lowest BCUT2D eigenvalue weighted by molar-refractivity contribution is -0.128. The summed E-state index contributed by atoms with van der Waals surface area (Å²) in [6.45, 7) is 2.06. The second-order valence-electron chi connectivity index (χ2n) is 3.05. The Hall–Kier alpha value is -0.610. The molecule has 1 fully saturated rings. The molecule has 0 aromatic carbocycles. The number of rotatable bonds is 2. The van der Waals surface area contributed by atoms with E-state index in [4.69, 9.17) is 4.74 Å². The average Bonchev–Trinajstić information content (AvgIpc) is 2.05. The van der Waals surface area contributed by atoms with E-state index >= 15 is 0 Å². The highest BCUT2D eigenvalue weighted by Gasteiger charge is 2.22. The van der Waals surface area contributed by atoms with E-state index in [2.05, 4.69) is 5.32 Å². The van der Waals surface area contributed by atoms with Crippen LogP contribution < -0.4 is 5.32 Å². The highest BCUT2D eigenvalue weighted by atomic mass is 16.5. The maximum Gasteiger partial charge on any atom is 0.218 e. The molecular formula is C8H15NO3. The van der Waals surface area contributed by atoms with Crippen molar-refractivity contribution in [2.24, 2.45) is 0 Å². The van der Waals surface area contributed by atoms with Gasteiger partial charge in [-0.1, -0.05) is 0 Å². The molecule has 0 aromatic rings. The summed E-state index contributed by atoms with van der Waals surface area (Å²) in [5.41, 5.74) is 0. The smallest absolute Gasteiger partial charge is 0.218 e. The van der Waals surface area contributed by atoms with E-state index < -0.39 is 6.23 Å². The van der Waals surface area contributed by atoms with Crippen molar-refractivity contribution in [3.8, 4) is 0 Å². The van der Waals surface area contributed by atoms with Gasteiger partial charge in [-0.05, 0) is 19.3 Å². The maximum atomic E-state index is 10.6. The summed E-state index contributed by atoms with van der Waals surface area (Å²) in [5.74, 6) is -0.225. The van der Waals surface area contributed by atoms with Crippen LogP contribution in [0, 0.1) is 0 Å². The first kappa shape index (κ1) is 9.48. The van der Waals surface area contributed by atoms with Crippen LogP contribution in [0.1, 0.15) is 26.2 Å². The minimum atomic E-state index is -0.845. The number of amides is 1. The fraction of sp³-hybridized carbons (Fsp3) is 0.875. The van der Waals surface area contributed by atoms with Crippen LogP contribution in [-0.2, 0) is 9.53 Å². The minimum Gasteiger partial charge on any atom is -0.374 e. The van der Waals surface area contributed by atoms with E-state index in [1.165, 1.54) is 6.92 Å². The highest BCUT2D eigenvalue weighted by molar-refractivity contribution is 5.73. The number of aliphatic hydroxyl groups excluding tert-OH is 1. The number of hydrogen-bond donors (Lipinski definition) is 2. The zero-order valence-corrected chi connectivity index (χ0v) is 7.25. The Morgan fingerprint density at radius 3 is 2.92 bits per heavy atom. The van der Waals surface area contributed by atoms with Gasteiger partial charge in [0.1, 0.15) is 6.10 Å². The number of hydrogen-bond acceptors (Lipinski definition) is 3. The molecular weight excluding hydrogens is 158 g/mol. The van der Waals surface area contributed by atoms with E-state index in [1.54, 1.807) is 0 Å². The average molecular weight is 173 g/mol.